The Morgan fingerprint density at radius 1 is 1.55 bits per heavy atom. The summed E-state index contributed by atoms with van der Waals surface area (Å²) < 4.78 is 2.63. The number of aryl methyl sites for hydroxylation is 1. The third-order valence-electron chi connectivity index (χ3n) is 3.08. The number of aliphatic carboxylic acids is 1. The van der Waals surface area contributed by atoms with Crippen molar-refractivity contribution in [2.45, 2.75) is 12.8 Å². The number of nitrogens with zero attached hydrogens (tertiary/aromatic N) is 3. The van der Waals surface area contributed by atoms with Gasteiger partial charge in [0, 0.05) is 12.1 Å². The number of imidazole rings is 2. The second kappa shape index (κ2) is 4.65. The summed E-state index contributed by atoms with van der Waals surface area (Å²) in [6.07, 6.45) is 0.454. The number of halogens is 1. The average Bonchev–Trinajstić information content (AvgIpc) is 2.92. The zero-order valence-corrected chi connectivity index (χ0v) is 11.8. The molecule has 0 saturated heterocycles. The standard InChI is InChI=1S/C13H9BrN4O2/c14-12-8(2-4-11(19)20)16-13-17-9-5-7(6-15)1-3-10(9)18(12)13/h1,3,5H,2,4H2,(H,16,17)(H,19,20). The van der Waals surface area contributed by atoms with Crippen molar-refractivity contribution in [3.05, 3.63) is 34.1 Å². The molecule has 6 nitrogen and oxygen atoms in total. The van der Waals surface area contributed by atoms with Crippen LogP contribution in [0.1, 0.15) is 17.7 Å². The molecule has 0 unspecified atom stereocenters. The number of hydrogen-bond donors (Lipinski definition) is 2. The molecule has 3 rings (SSSR count). The van der Waals surface area contributed by atoms with Crippen LogP contribution in [-0.4, -0.2) is 25.4 Å². The van der Waals surface area contributed by atoms with Gasteiger partial charge in [0.05, 0.1) is 29.1 Å². The lowest BCUT2D eigenvalue weighted by Gasteiger charge is -1.97. The van der Waals surface area contributed by atoms with Gasteiger partial charge in [-0.3, -0.25) is 9.20 Å². The second-order valence-electron chi connectivity index (χ2n) is 4.37. The summed E-state index contributed by atoms with van der Waals surface area (Å²) in [5.74, 6) is -0.213. The number of carboxylic acids is 1. The molecule has 0 radical (unpaired) electrons. The first-order chi connectivity index (χ1) is 9.60. The Balaban J connectivity index is 2.14. The Bertz CT molecular complexity index is 872. The zero-order chi connectivity index (χ0) is 14.3. The highest BCUT2D eigenvalue weighted by molar-refractivity contribution is 9.10. The number of aromatic amines is 1. The lowest BCUT2D eigenvalue weighted by atomic mass is 10.2. The molecule has 100 valence electrons. The first-order valence-electron chi connectivity index (χ1n) is 5.90. The van der Waals surface area contributed by atoms with E-state index in [9.17, 15) is 4.79 Å². The monoisotopic (exact) mass is 332 g/mol. The van der Waals surface area contributed by atoms with Crippen LogP contribution in [0.3, 0.4) is 0 Å². The summed E-state index contributed by atoms with van der Waals surface area (Å²) in [4.78, 5) is 18.2. The van der Waals surface area contributed by atoms with Gasteiger partial charge in [-0.05, 0) is 34.1 Å². The minimum atomic E-state index is -0.840. The number of nitriles is 1. The molecule has 2 heterocycles. The van der Waals surface area contributed by atoms with Crippen molar-refractivity contribution >= 4 is 38.7 Å². The van der Waals surface area contributed by atoms with Gasteiger partial charge in [-0.15, -0.1) is 0 Å². The highest BCUT2D eigenvalue weighted by Gasteiger charge is 2.15. The van der Waals surface area contributed by atoms with Gasteiger partial charge in [0.2, 0.25) is 5.78 Å². The van der Waals surface area contributed by atoms with E-state index >= 15 is 0 Å². The fraction of sp³-hybridized carbons (Fsp3) is 0.154. The van der Waals surface area contributed by atoms with Gasteiger partial charge in [-0.1, -0.05) is 0 Å². The smallest absolute Gasteiger partial charge is 0.303 e. The lowest BCUT2D eigenvalue weighted by Crippen LogP contribution is -1.98. The van der Waals surface area contributed by atoms with Gasteiger partial charge in [-0.2, -0.15) is 5.26 Å². The Labute approximate surface area is 121 Å². The van der Waals surface area contributed by atoms with E-state index in [1.54, 1.807) is 12.1 Å². The summed E-state index contributed by atoms with van der Waals surface area (Å²) in [5, 5.41) is 17.6. The quantitative estimate of drug-likeness (QED) is 0.770. The number of carbonyl (C=O) groups is 1. The Kier molecular flexibility index (Phi) is 2.95. The molecule has 0 spiro atoms. The number of H-pyrrole nitrogens is 1. The highest BCUT2D eigenvalue weighted by atomic mass is 79.9. The van der Waals surface area contributed by atoms with E-state index in [1.165, 1.54) is 0 Å². The predicted octanol–water partition coefficient (Wildman–Crippen LogP) is 2.47. The summed E-state index contributed by atoms with van der Waals surface area (Å²) in [6, 6.07) is 7.36. The van der Waals surface area contributed by atoms with Crippen molar-refractivity contribution in [2.24, 2.45) is 0 Å². The molecule has 0 amide bonds. The minimum Gasteiger partial charge on any atom is -0.481 e. The predicted molar refractivity (Wildman–Crippen MR) is 75.4 cm³/mol. The molecule has 0 bridgehead atoms. The van der Waals surface area contributed by atoms with E-state index < -0.39 is 5.97 Å². The molecule has 0 atom stereocenters. The van der Waals surface area contributed by atoms with Crippen LogP contribution in [0.4, 0.5) is 0 Å². The maximum atomic E-state index is 10.6. The molecule has 0 aliphatic heterocycles. The van der Waals surface area contributed by atoms with Crippen LogP contribution < -0.4 is 0 Å². The summed E-state index contributed by atoms with van der Waals surface area (Å²) in [6.45, 7) is 0. The molecule has 0 saturated carbocycles. The van der Waals surface area contributed by atoms with E-state index in [2.05, 4.69) is 32.0 Å². The van der Waals surface area contributed by atoms with E-state index in [-0.39, 0.29) is 6.42 Å². The molecule has 2 aromatic heterocycles. The highest BCUT2D eigenvalue weighted by Crippen LogP contribution is 2.26. The number of rotatable bonds is 3. The Morgan fingerprint density at radius 3 is 3.05 bits per heavy atom. The van der Waals surface area contributed by atoms with Gasteiger partial charge < -0.3 is 10.1 Å². The van der Waals surface area contributed by atoms with E-state index in [1.807, 2.05) is 10.5 Å². The fourth-order valence-electron chi connectivity index (χ4n) is 2.15. The van der Waals surface area contributed by atoms with Crippen LogP contribution in [0.5, 0.6) is 0 Å². The minimum absolute atomic E-state index is 0.0543. The molecule has 2 N–H and O–H groups in total. The molecule has 0 fully saturated rings. The number of carboxylic acid groups (broad SMARTS) is 1. The topological polar surface area (TPSA) is 94.2 Å². The van der Waals surface area contributed by atoms with Crippen LogP contribution >= 0.6 is 15.9 Å². The third-order valence-corrected chi connectivity index (χ3v) is 3.91. The van der Waals surface area contributed by atoms with Crippen LogP contribution in [0.15, 0.2) is 22.8 Å². The van der Waals surface area contributed by atoms with Crippen molar-refractivity contribution in [1.82, 2.24) is 14.4 Å². The number of aromatic nitrogens is 3. The van der Waals surface area contributed by atoms with Crippen LogP contribution in [0, 0.1) is 11.3 Å². The second-order valence-corrected chi connectivity index (χ2v) is 5.13. The molecule has 1 aromatic carbocycles. The first-order valence-corrected chi connectivity index (χ1v) is 6.70. The molecular formula is C13H9BrN4O2. The summed E-state index contributed by atoms with van der Waals surface area (Å²) in [7, 11) is 0. The lowest BCUT2D eigenvalue weighted by molar-refractivity contribution is -0.136. The molecule has 0 aliphatic rings. The molecule has 7 heteroatoms. The van der Waals surface area contributed by atoms with E-state index in [4.69, 9.17) is 10.4 Å². The van der Waals surface area contributed by atoms with E-state index in [0.717, 1.165) is 21.3 Å². The number of benzene rings is 1. The van der Waals surface area contributed by atoms with Crippen LogP contribution in [0.25, 0.3) is 16.8 Å². The van der Waals surface area contributed by atoms with Gasteiger partial charge in [0.25, 0.3) is 0 Å². The molecular weight excluding hydrogens is 324 g/mol. The third kappa shape index (κ3) is 1.94. The molecule has 3 aromatic rings. The number of hydrogen-bond acceptors (Lipinski definition) is 3. The van der Waals surface area contributed by atoms with Gasteiger partial charge in [0.1, 0.15) is 4.60 Å². The van der Waals surface area contributed by atoms with Crippen molar-refractivity contribution in [3.8, 4) is 6.07 Å². The zero-order valence-electron chi connectivity index (χ0n) is 10.2. The van der Waals surface area contributed by atoms with Gasteiger partial charge in [-0.25, -0.2) is 4.98 Å². The van der Waals surface area contributed by atoms with Gasteiger partial charge >= 0.3 is 5.97 Å². The van der Waals surface area contributed by atoms with Crippen molar-refractivity contribution < 1.29 is 9.90 Å². The SMILES string of the molecule is N#Cc1ccc2c(c1)nc1[nH]c(CCC(=O)O)c(Br)n12. The fourth-order valence-corrected chi connectivity index (χ4v) is 2.81. The molecule has 20 heavy (non-hydrogen) atoms. The first kappa shape index (κ1) is 12.7. The summed E-state index contributed by atoms with van der Waals surface area (Å²) >= 11 is 3.47. The van der Waals surface area contributed by atoms with E-state index in [0.29, 0.717) is 17.8 Å². The van der Waals surface area contributed by atoms with Crippen molar-refractivity contribution in [2.75, 3.05) is 0 Å². The van der Waals surface area contributed by atoms with Crippen molar-refractivity contribution in [3.63, 3.8) is 0 Å². The Hall–Kier alpha value is -2.33. The van der Waals surface area contributed by atoms with Crippen LogP contribution in [0.2, 0.25) is 0 Å². The van der Waals surface area contributed by atoms with Crippen LogP contribution in [-0.2, 0) is 11.2 Å². The van der Waals surface area contributed by atoms with Gasteiger partial charge in [0.15, 0.2) is 0 Å². The summed E-state index contributed by atoms with van der Waals surface area (Å²) in [5.41, 5.74) is 2.94. The maximum Gasteiger partial charge on any atom is 0.303 e. The largest absolute Gasteiger partial charge is 0.481 e. The molecule has 0 aliphatic carbocycles. The number of fused-ring (bicyclic) bond motifs is 3. The average molecular weight is 333 g/mol. The van der Waals surface area contributed by atoms with Crippen molar-refractivity contribution in [1.29, 1.82) is 5.26 Å². The normalized spacial score (nSPS) is 11.0. The Morgan fingerprint density at radius 2 is 2.35 bits per heavy atom. The number of nitrogens with one attached hydrogen (secondary N) is 1. The maximum absolute atomic E-state index is 10.6.